The van der Waals surface area contributed by atoms with Gasteiger partial charge >= 0.3 is 5.97 Å². The van der Waals surface area contributed by atoms with Crippen LogP contribution in [0, 0.1) is 0 Å². The average Bonchev–Trinajstić information content (AvgIpc) is 3.60. The van der Waals surface area contributed by atoms with Crippen LogP contribution >= 0.6 is 0 Å². The van der Waals surface area contributed by atoms with Gasteiger partial charge in [-0.15, -0.1) is 0 Å². The lowest BCUT2D eigenvalue weighted by atomic mass is 10.0. The molecule has 0 spiro atoms. The number of carbonyl (C=O) groups is 2. The molecule has 2 atom stereocenters. The third-order valence-corrected chi connectivity index (χ3v) is 18.8. The van der Waals surface area contributed by atoms with Crippen molar-refractivity contribution in [2.45, 2.75) is 456 Å². The van der Waals surface area contributed by atoms with E-state index in [-0.39, 0.29) is 18.5 Å². The van der Waals surface area contributed by atoms with Crippen molar-refractivity contribution in [2.24, 2.45) is 0 Å². The molecule has 89 heavy (non-hydrogen) atoms. The molecule has 0 fully saturated rings. The Labute approximate surface area is 556 Å². The van der Waals surface area contributed by atoms with Gasteiger partial charge in [-0.05, 0) is 89.9 Å². The van der Waals surface area contributed by atoms with Crippen molar-refractivity contribution in [3.63, 3.8) is 0 Å². The van der Waals surface area contributed by atoms with E-state index in [4.69, 9.17) is 4.74 Å². The molecule has 0 aliphatic heterocycles. The van der Waals surface area contributed by atoms with E-state index in [9.17, 15) is 19.8 Å². The maximum Gasteiger partial charge on any atom is 0.305 e. The molecule has 0 saturated carbocycles. The Hall–Kier alpha value is -2.18. The third-order valence-electron chi connectivity index (χ3n) is 18.8. The SMILES string of the molecule is CCCCCCCCC/C=C\CCCCCCCCCC(=O)OCCCCCCCCCCC/C=C\C/C=C\CCCCCCCCCCCCCCCCCC(=O)NC(CO)C(O)/C=C/CCCCCCCCCCCCCCCCCCCCCCC. The van der Waals surface area contributed by atoms with Crippen LogP contribution in [0.1, 0.15) is 444 Å². The van der Waals surface area contributed by atoms with Crippen molar-refractivity contribution < 1.29 is 24.5 Å². The molecule has 0 radical (unpaired) electrons. The highest BCUT2D eigenvalue weighted by molar-refractivity contribution is 5.76. The quantitative estimate of drug-likeness (QED) is 0.0320. The fraction of sp³-hybridized carbons (Fsp3) is 0.880. The zero-order valence-electron chi connectivity index (χ0n) is 60.2. The van der Waals surface area contributed by atoms with Crippen LogP contribution in [-0.2, 0) is 14.3 Å². The fourth-order valence-corrected chi connectivity index (χ4v) is 12.7. The summed E-state index contributed by atoms with van der Waals surface area (Å²) in [6, 6.07) is -0.630. The summed E-state index contributed by atoms with van der Waals surface area (Å²) < 4.78 is 5.51. The van der Waals surface area contributed by atoms with Crippen molar-refractivity contribution in [1.82, 2.24) is 5.32 Å². The van der Waals surface area contributed by atoms with Crippen LogP contribution in [0.25, 0.3) is 0 Å². The summed E-state index contributed by atoms with van der Waals surface area (Å²) in [7, 11) is 0. The van der Waals surface area contributed by atoms with E-state index in [1.165, 1.54) is 366 Å². The summed E-state index contributed by atoms with van der Waals surface area (Å²) in [5.41, 5.74) is 0. The molecule has 2 unspecified atom stereocenters. The highest BCUT2D eigenvalue weighted by Gasteiger charge is 2.18. The maximum absolute atomic E-state index is 12.6. The van der Waals surface area contributed by atoms with Gasteiger partial charge in [-0.2, -0.15) is 0 Å². The van der Waals surface area contributed by atoms with Gasteiger partial charge in [-0.3, -0.25) is 9.59 Å². The van der Waals surface area contributed by atoms with Gasteiger partial charge in [0, 0.05) is 12.8 Å². The monoisotopic (exact) mass is 1250 g/mol. The van der Waals surface area contributed by atoms with Gasteiger partial charge in [0.2, 0.25) is 5.91 Å². The summed E-state index contributed by atoms with van der Waals surface area (Å²) >= 11 is 0. The number of allylic oxidation sites excluding steroid dienone is 7. The van der Waals surface area contributed by atoms with Crippen molar-refractivity contribution >= 4 is 11.9 Å². The van der Waals surface area contributed by atoms with E-state index in [0.717, 1.165) is 51.4 Å². The van der Waals surface area contributed by atoms with Crippen LogP contribution in [0.4, 0.5) is 0 Å². The molecule has 6 nitrogen and oxygen atoms in total. The molecule has 3 N–H and O–H groups in total. The molecule has 0 rings (SSSR count). The minimum absolute atomic E-state index is 0.0106. The number of amides is 1. The van der Waals surface area contributed by atoms with Crippen LogP contribution in [0.2, 0.25) is 0 Å². The number of unbranched alkanes of at least 4 members (excludes halogenated alkanes) is 59. The largest absolute Gasteiger partial charge is 0.466 e. The van der Waals surface area contributed by atoms with Gasteiger partial charge in [0.25, 0.3) is 0 Å². The smallest absolute Gasteiger partial charge is 0.305 e. The number of hydrogen-bond acceptors (Lipinski definition) is 5. The van der Waals surface area contributed by atoms with Crippen molar-refractivity contribution in [3.05, 3.63) is 48.6 Å². The normalized spacial score (nSPS) is 12.7. The number of ether oxygens (including phenoxy) is 1. The predicted molar refractivity (Wildman–Crippen MR) is 393 cm³/mol. The molecule has 0 aliphatic carbocycles. The minimum atomic E-state index is -0.846. The van der Waals surface area contributed by atoms with E-state index in [0.29, 0.717) is 19.4 Å². The van der Waals surface area contributed by atoms with Gasteiger partial charge in [-0.1, -0.05) is 390 Å². The first-order valence-electron chi connectivity index (χ1n) is 40.4. The van der Waals surface area contributed by atoms with Crippen molar-refractivity contribution in [2.75, 3.05) is 13.2 Å². The Morgan fingerprint density at radius 1 is 0.315 bits per heavy atom. The summed E-state index contributed by atoms with van der Waals surface area (Å²) in [6.07, 6.45) is 104. The lowest BCUT2D eigenvalue weighted by molar-refractivity contribution is -0.143. The van der Waals surface area contributed by atoms with E-state index < -0.39 is 12.1 Å². The van der Waals surface area contributed by atoms with E-state index in [2.05, 4.69) is 55.6 Å². The van der Waals surface area contributed by atoms with Crippen LogP contribution in [0.5, 0.6) is 0 Å². The Bertz CT molecular complexity index is 1490. The maximum atomic E-state index is 12.6. The Morgan fingerprint density at radius 2 is 0.562 bits per heavy atom. The van der Waals surface area contributed by atoms with E-state index >= 15 is 0 Å². The number of carbonyl (C=O) groups excluding carboxylic acids is 2. The van der Waals surface area contributed by atoms with Gasteiger partial charge < -0.3 is 20.3 Å². The molecule has 0 bridgehead atoms. The second-order valence-electron chi connectivity index (χ2n) is 27.7. The average molecular weight is 1250 g/mol. The molecule has 1 amide bonds. The minimum Gasteiger partial charge on any atom is -0.466 e. The van der Waals surface area contributed by atoms with E-state index in [1.54, 1.807) is 6.08 Å². The number of aliphatic hydroxyl groups excluding tert-OH is 2. The lowest BCUT2D eigenvalue weighted by Gasteiger charge is -2.20. The third kappa shape index (κ3) is 74.7. The van der Waals surface area contributed by atoms with Crippen LogP contribution in [0.3, 0.4) is 0 Å². The number of rotatable bonds is 76. The second-order valence-corrected chi connectivity index (χ2v) is 27.7. The molecule has 0 aromatic carbocycles. The number of esters is 1. The van der Waals surface area contributed by atoms with Gasteiger partial charge in [-0.25, -0.2) is 0 Å². The summed E-state index contributed by atoms with van der Waals surface area (Å²) in [5, 5.41) is 23.3. The lowest BCUT2D eigenvalue weighted by Crippen LogP contribution is -2.45. The zero-order valence-corrected chi connectivity index (χ0v) is 60.2. The van der Waals surface area contributed by atoms with Gasteiger partial charge in [0.1, 0.15) is 0 Å². The second kappa shape index (κ2) is 78.3. The molecule has 6 heteroatoms. The Kier molecular flexibility index (Phi) is 76.3. The fourth-order valence-electron chi connectivity index (χ4n) is 12.7. The van der Waals surface area contributed by atoms with Crippen LogP contribution in [-0.4, -0.2) is 47.4 Å². The molecule has 524 valence electrons. The Balaban J connectivity index is 3.41. The molecule has 0 heterocycles. The first-order chi connectivity index (χ1) is 44.0. The molecule has 0 aromatic rings. The highest BCUT2D eigenvalue weighted by Crippen LogP contribution is 2.19. The molecule has 0 aliphatic rings. The predicted octanol–water partition coefficient (Wildman–Crippen LogP) is 26.8. The Morgan fingerprint density at radius 3 is 0.865 bits per heavy atom. The highest BCUT2D eigenvalue weighted by atomic mass is 16.5. The van der Waals surface area contributed by atoms with Crippen molar-refractivity contribution in [1.29, 1.82) is 0 Å². The molecular formula is C83H157NO5. The summed E-state index contributed by atoms with van der Waals surface area (Å²) in [4.78, 5) is 24.7. The van der Waals surface area contributed by atoms with Crippen molar-refractivity contribution in [3.8, 4) is 0 Å². The van der Waals surface area contributed by atoms with Crippen LogP contribution in [0.15, 0.2) is 48.6 Å². The van der Waals surface area contributed by atoms with Crippen LogP contribution < -0.4 is 5.32 Å². The first kappa shape index (κ1) is 86.8. The molecule has 0 aromatic heterocycles. The number of hydrogen-bond donors (Lipinski definition) is 3. The number of nitrogens with one attached hydrogen (secondary N) is 1. The zero-order chi connectivity index (χ0) is 64.2. The van der Waals surface area contributed by atoms with E-state index in [1.807, 2.05) is 6.08 Å². The standard InChI is InChI=1S/C83H157NO5/c1-3-5-7-9-11-13-15-17-19-21-23-24-34-37-40-43-47-51-55-59-63-67-71-75-81(86)80(79-85)84-82(87)76-72-68-64-60-56-52-48-44-41-38-35-32-30-28-26-25-27-29-31-33-36-39-42-46-50-54-58-62-66-70-74-78-89-83(88)77-73-69-65-61-57-53-49-45-22-20-18-16-14-12-10-8-6-4-2/h20,22,27,29,33,36,71,75,80-81,85-86H,3-19,21,23-26,28,30-32,34-35,37-70,72-74,76-79H2,1-2H3,(H,84,87)/b22-20-,29-27-,36-33-,75-71+. The topological polar surface area (TPSA) is 95.9 Å². The van der Waals surface area contributed by atoms with Gasteiger partial charge in [0.05, 0.1) is 25.4 Å². The number of aliphatic hydroxyl groups is 2. The van der Waals surface area contributed by atoms with Gasteiger partial charge in [0.15, 0.2) is 0 Å². The first-order valence-corrected chi connectivity index (χ1v) is 40.4. The summed E-state index contributed by atoms with van der Waals surface area (Å²) in [5.74, 6) is -0.0524. The summed E-state index contributed by atoms with van der Waals surface area (Å²) in [6.45, 7) is 4.94. The molecular weight excluding hydrogens is 1090 g/mol. The molecule has 0 saturated heterocycles.